The average molecular weight is 526 g/mol. The van der Waals surface area contributed by atoms with Crippen molar-refractivity contribution >= 4 is 44.2 Å². The molecule has 3 aliphatic heterocycles. The summed E-state index contributed by atoms with van der Waals surface area (Å²) in [5.41, 5.74) is 2.60. The third-order valence-electron chi connectivity index (χ3n) is 6.80. The van der Waals surface area contributed by atoms with E-state index in [9.17, 15) is 13.2 Å². The average Bonchev–Trinajstić information content (AvgIpc) is 3.44. The zero-order valence-electron chi connectivity index (χ0n) is 19.6. The fourth-order valence-corrected chi connectivity index (χ4v) is 7.16. The van der Waals surface area contributed by atoms with Crippen molar-refractivity contribution in [2.75, 3.05) is 31.2 Å². The maximum Gasteiger partial charge on any atom is 0.243 e. The number of morpholine rings is 1. The van der Waals surface area contributed by atoms with Crippen LogP contribution in [0.1, 0.15) is 24.1 Å². The van der Waals surface area contributed by atoms with Gasteiger partial charge in [0.1, 0.15) is 6.17 Å². The zero-order valence-corrected chi connectivity index (χ0v) is 21.2. The highest BCUT2D eigenvalue weighted by Crippen LogP contribution is 2.38. The Morgan fingerprint density at radius 2 is 2.08 bits per heavy atom. The number of anilines is 1. The van der Waals surface area contributed by atoms with Crippen molar-refractivity contribution in [3.05, 3.63) is 59.3 Å². The van der Waals surface area contributed by atoms with Crippen molar-refractivity contribution in [2.45, 2.75) is 36.4 Å². The summed E-state index contributed by atoms with van der Waals surface area (Å²) in [7, 11) is -3.62. The molecule has 4 aliphatic rings. The number of amides is 1. The lowest BCUT2D eigenvalue weighted by atomic mass is 9.96. The fourth-order valence-electron chi connectivity index (χ4n) is 4.76. The van der Waals surface area contributed by atoms with E-state index in [2.05, 4.69) is 16.4 Å². The number of benzene rings is 1. The molecule has 0 bridgehead atoms. The predicted molar refractivity (Wildman–Crippen MR) is 138 cm³/mol. The number of hydrogen-bond acceptors (Lipinski definition) is 8. The Morgan fingerprint density at radius 3 is 2.89 bits per heavy atom. The van der Waals surface area contributed by atoms with Gasteiger partial charge in [0.25, 0.3) is 0 Å². The number of allylic oxidation sites excluding steroid dienone is 1. The van der Waals surface area contributed by atoms with E-state index in [-0.39, 0.29) is 35.3 Å². The largest absolute Gasteiger partial charge is 0.379 e. The van der Waals surface area contributed by atoms with Crippen molar-refractivity contribution < 1.29 is 17.9 Å². The van der Waals surface area contributed by atoms with Crippen LogP contribution in [0.5, 0.6) is 0 Å². The van der Waals surface area contributed by atoms with Gasteiger partial charge < -0.3 is 10.1 Å². The summed E-state index contributed by atoms with van der Waals surface area (Å²) in [4.78, 5) is 24.8. The van der Waals surface area contributed by atoms with E-state index >= 15 is 0 Å². The van der Waals surface area contributed by atoms with E-state index in [1.54, 1.807) is 35.4 Å². The summed E-state index contributed by atoms with van der Waals surface area (Å²) in [6, 6.07) is 6.85. The highest BCUT2D eigenvalue weighted by molar-refractivity contribution is 7.89. The molecule has 9 nitrogen and oxygen atoms in total. The van der Waals surface area contributed by atoms with Gasteiger partial charge in [-0.25, -0.2) is 13.4 Å². The van der Waals surface area contributed by atoms with Gasteiger partial charge >= 0.3 is 0 Å². The first kappa shape index (κ1) is 23.5. The summed E-state index contributed by atoms with van der Waals surface area (Å²) in [6.45, 7) is 1.45. The molecular formula is C25H27N5O4S2. The second kappa shape index (κ2) is 9.55. The topological polar surface area (TPSA) is 104 Å². The number of thiazole rings is 1. The number of nitrogens with zero attached hydrogens (tertiary/aromatic N) is 4. The molecule has 2 fully saturated rings. The molecule has 36 heavy (non-hydrogen) atoms. The van der Waals surface area contributed by atoms with E-state index in [4.69, 9.17) is 9.72 Å². The van der Waals surface area contributed by atoms with Crippen molar-refractivity contribution in [3.63, 3.8) is 0 Å². The van der Waals surface area contributed by atoms with E-state index in [0.717, 1.165) is 24.1 Å². The van der Waals surface area contributed by atoms with Crippen LogP contribution in [-0.4, -0.2) is 68.3 Å². The van der Waals surface area contributed by atoms with Crippen LogP contribution in [0.3, 0.4) is 0 Å². The standard InChI is InChI=1S/C25H27N5O4S2/c31-23(14-17-3-1-4-19(13-17)36(32,33)29-9-11-34-12-10-29)30(18-6-7-18)25-28-22(16-35-25)21-15-27-24-20(21)5-2-8-26-24/h1-5,8,13,15-16,18,20,24,27H,6-7,9-12,14H2. The number of sulfonamides is 1. The number of carbonyl (C=O) groups excluding carboxylic acids is 1. The van der Waals surface area contributed by atoms with Crippen LogP contribution in [0.2, 0.25) is 0 Å². The zero-order chi connectivity index (χ0) is 24.7. The van der Waals surface area contributed by atoms with Crippen molar-refractivity contribution in [1.82, 2.24) is 14.6 Å². The number of rotatable bonds is 7. The SMILES string of the molecule is O=C(Cc1cccc(S(=O)(=O)N2CCOCC2)c1)N(c1nc(C2=CNC3N=CC=CC23)cs1)C1CC1. The van der Waals surface area contributed by atoms with Gasteiger partial charge in [-0.15, -0.1) is 11.3 Å². The minimum Gasteiger partial charge on any atom is -0.379 e. The van der Waals surface area contributed by atoms with Crippen LogP contribution >= 0.6 is 11.3 Å². The third kappa shape index (κ3) is 4.52. The van der Waals surface area contributed by atoms with Gasteiger partial charge in [-0.3, -0.25) is 14.7 Å². The quantitative estimate of drug-likeness (QED) is 0.596. The number of nitrogens with one attached hydrogen (secondary N) is 1. The summed E-state index contributed by atoms with van der Waals surface area (Å²) in [5.74, 6) is 0.0593. The Hall–Kier alpha value is -2.86. The maximum absolute atomic E-state index is 13.5. The number of aliphatic imine (C=N–C) groups is 1. The van der Waals surface area contributed by atoms with Crippen LogP contribution in [0.15, 0.2) is 57.9 Å². The number of ether oxygens (including phenoxy) is 1. The minimum absolute atomic E-state index is 0.00247. The molecule has 2 unspecified atom stereocenters. The number of carbonyl (C=O) groups is 1. The van der Waals surface area contributed by atoms with E-state index in [0.29, 0.717) is 37.0 Å². The van der Waals surface area contributed by atoms with Gasteiger partial charge in [0, 0.05) is 48.4 Å². The molecular weight excluding hydrogens is 498 g/mol. The molecule has 6 rings (SSSR count). The normalized spacial score (nSPS) is 23.7. The Morgan fingerprint density at radius 1 is 1.25 bits per heavy atom. The van der Waals surface area contributed by atoms with Crippen molar-refractivity contribution in [2.24, 2.45) is 10.9 Å². The summed E-state index contributed by atoms with van der Waals surface area (Å²) in [5, 5.41) is 5.97. The maximum atomic E-state index is 13.5. The number of aromatic nitrogens is 1. The number of dihydropyridines is 1. The van der Waals surface area contributed by atoms with Crippen molar-refractivity contribution in [1.29, 1.82) is 0 Å². The van der Waals surface area contributed by atoms with Crippen LogP contribution in [0, 0.1) is 5.92 Å². The molecule has 188 valence electrons. The first-order valence-electron chi connectivity index (χ1n) is 12.1. The third-order valence-corrected chi connectivity index (χ3v) is 9.53. The van der Waals surface area contributed by atoms with Gasteiger partial charge in [-0.2, -0.15) is 4.31 Å². The fraction of sp³-hybridized carbons (Fsp3) is 0.400. The molecule has 1 N–H and O–H groups in total. The molecule has 1 aliphatic carbocycles. The Labute approximate surface area is 214 Å². The van der Waals surface area contributed by atoms with Gasteiger partial charge in [0.2, 0.25) is 15.9 Å². The monoisotopic (exact) mass is 525 g/mol. The molecule has 0 spiro atoms. The summed E-state index contributed by atoms with van der Waals surface area (Å²) < 4.78 is 32.9. The molecule has 11 heteroatoms. The molecule has 1 aromatic carbocycles. The lowest BCUT2D eigenvalue weighted by Crippen LogP contribution is -2.40. The Balaban J connectivity index is 1.20. The first-order valence-corrected chi connectivity index (χ1v) is 14.4. The molecule has 2 aromatic rings. The van der Waals surface area contributed by atoms with Crippen molar-refractivity contribution in [3.8, 4) is 0 Å². The van der Waals surface area contributed by atoms with Crippen LogP contribution in [0.25, 0.3) is 5.57 Å². The van der Waals surface area contributed by atoms with Crippen LogP contribution in [0.4, 0.5) is 5.13 Å². The highest BCUT2D eigenvalue weighted by Gasteiger charge is 2.37. The second-order valence-corrected chi connectivity index (χ2v) is 12.0. The molecule has 1 saturated heterocycles. The number of fused-ring (bicyclic) bond motifs is 1. The minimum atomic E-state index is -3.62. The van der Waals surface area contributed by atoms with Gasteiger partial charge in [0.05, 0.1) is 30.2 Å². The predicted octanol–water partition coefficient (Wildman–Crippen LogP) is 2.43. The molecule has 1 saturated carbocycles. The Kier molecular flexibility index (Phi) is 6.24. The summed E-state index contributed by atoms with van der Waals surface area (Å²) in [6.07, 6.45) is 9.82. The van der Waals surface area contributed by atoms with E-state index in [1.165, 1.54) is 15.6 Å². The highest BCUT2D eigenvalue weighted by atomic mass is 32.2. The molecule has 1 amide bonds. The molecule has 4 heterocycles. The smallest absolute Gasteiger partial charge is 0.243 e. The van der Waals surface area contributed by atoms with E-state index < -0.39 is 10.0 Å². The van der Waals surface area contributed by atoms with Gasteiger partial charge in [-0.05, 0) is 36.6 Å². The van der Waals surface area contributed by atoms with Gasteiger partial charge in [-0.1, -0.05) is 18.2 Å². The van der Waals surface area contributed by atoms with E-state index in [1.807, 2.05) is 17.7 Å². The lowest BCUT2D eigenvalue weighted by molar-refractivity contribution is -0.118. The molecule has 1 aromatic heterocycles. The Bertz CT molecular complexity index is 1360. The lowest BCUT2D eigenvalue weighted by Gasteiger charge is -2.26. The number of hydrogen-bond donors (Lipinski definition) is 1. The van der Waals surface area contributed by atoms with Gasteiger partial charge in [0.15, 0.2) is 5.13 Å². The molecule has 0 radical (unpaired) electrons. The van der Waals surface area contributed by atoms with Crippen LogP contribution in [-0.2, 0) is 26.0 Å². The second-order valence-electron chi connectivity index (χ2n) is 9.27. The van der Waals surface area contributed by atoms with Crippen LogP contribution < -0.4 is 10.2 Å². The summed E-state index contributed by atoms with van der Waals surface area (Å²) >= 11 is 1.47. The first-order chi connectivity index (χ1) is 17.5. The molecule has 2 atom stereocenters.